The highest BCUT2D eigenvalue weighted by Gasteiger charge is 2.20. The van der Waals surface area contributed by atoms with Gasteiger partial charge in [-0.15, -0.1) is 11.3 Å². The van der Waals surface area contributed by atoms with E-state index in [2.05, 4.69) is 6.92 Å². The van der Waals surface area contributed by atoms with Crippen LogP contribution in [-0.4, -0.2) is 37.1 Å². The molecule has 0 fully saturated rings. The van der Waals surface area contributed by atoms with Gasteiger partial charge in [-0.3, -0.25) is 4.79 Å². The summed E-state index contributed by atoms with van der Waals surface area (Å²) in [5, 5.41) is 2.02. The first-order valence-corrected chi connectivity index (χ1v) is 7.62. The van der Waals surface area contributed by atoms with Crippen molar-refractivity contribution < 1.29 is 9.53 Å². The number of methoxy groups -OCH3 is 1. The molecule has 0 aromatic carbocycles. The lowest BCUT2D eigenvalue weighted by Crippen LogP contribution is -2.44. The number of amides is 1. The fourth-order valence-electron chi connectivity index (χ4n) is 1.84. The van der Waals surface area contributed by atoms with E-state index in [1.165, 1.54) is 4.88 Å². The van der Waals surface area contributed by atoms with Crippen LogP contribution in [0.25, 0.3) is 0 Å². The maximum Gasteiger partial charge on any atom is 0.239 e. The Balaban J connectivity index is 2.58. The van der Waals surface area contributed by atoms with Gasteiger partial charge in [-0.2, -0.15) is 0 Å². The summed E-state index contributed by atoms with van der Waals surface area (Å²) in [6, 6.07) is 3.64. The monoisotopic (exact) mass is 284 g/mol. The predicted molar refractivity (Wildman–Crippen MR) is 79.1 cm³/mol. The fraction of sp³-hybridized carbons (Fsp3) is 0.643. The van der Waals surface area contributed by atoms with Crippen LogP contribution in [-0.2, 0) is 16.1 Å². The molecule has 1 atom stereocenters. The Morgan fingerprint density at radius 2 is 2.37 bits per heavy atom. The third-order valence-corrected chi connectivity index (χ3v) is 3.85. The summed E-state index contributed by atoms with van der Waals surface area (Å²) in [5.74, 6) is 0.0268. The number of ether oxygens (including phenoxy) is 1. The van der Waals surface area contributed by atoms with Gasteiger partial charge in [0.15, 0.2) is 0 Å². The van der Waals surface area contributed by atoms with E-state index in [9.17, 15) is 4.79 Å². The van der Waals surface area contributed by atoms with E-state index in [-0.39, 0.29) is 5.91 Å². The second-order valence-corrected chi connectivity index (χ2v) is 5.61. The molecule has 1 unspecified atom stereocenters. The number of thiophene rings is 1. The minimum atomic E-state index is -0.392. The van der Waals surface area contributed by atoms with Crippen molar-refractivity contribution in [2.75, 3.05) is 20.3 Å². The molecule has 1 aromatic rings. The molecule has 0 spiro atoms. The second-order valence-electron chi connectivity index (χ2n) is 4.58. The van der Waals surface area contributed by atoms with Crippen molar-refractivity contribution in [3.8, 4) is 0 Å². The Morgan fingerprint density at radius 1 is 1.58 bits per heavy atom. The number of hydrogen-bond acceptors (Lipinski definition) is 4. The minimum Gasteiger partial charge on any atom is -0.383 e. The zero-order chi connectivity index (χ0) is 14.1. The average Bonchev–Trinajstić information content (AvgIpc) is 2.92. The number of carbonyl (C=O) groups excluding carboxylic acids is 1. The van der Waals surface area contributed by atoms with E-state index in [1.807, 2.05) is 17.5 Å². The quantitative estimate of drug-likeness (QED) is 0.756. The number of nitrogens with two attached hydrogens (primary N) is 1. The summed E-state index contributed by atoms with van der Waals surface area (Å²) in [5.41, 5.74) is 5.98. The number of nitrogens with zero attached hydrogens (tertiary/aromatic N) is 1. The molecular formula is C14H24N2O2S. The molecule has 5 heteroatoms. The van der Waals surface area contributed by atoms with Crippen molar-refractivity contribution >= 4 is 17.2 Å². The van der Waals surface area contributed by atoms with Gasteiger partial charge < -0.3 is 15.4 Å². The summed E-state index contributed by atoms with van der Waals surface area (Å²) in [6.07, 6.45) is 2.80. The highest BCUT2D eigenvalue weighted by Crippen LogP contribution is 2.13. The Kier molecular flexibility index (Phi) is 7.70. The minimum absolute atomic E-state index is 0.0268. The average molecular weight is 284 g/mol. The van der Waals surface area contributed by atoms with Crippen LogP contribution in [0.1, 0.15) is 31.1 Å². The Morgan fingerprint density at radius 3 is 2.95 bits per heavy atom. The van der Waals surface area contributed by atoms with Crippen molar-refractivity contribution in [1.29, 1.82) is 0 Å². The summed E-state index contributed by atoms with van der Waals surface area (Å²) >= 11 is 1.66. The summed E-state index contributed by atoms with van der Waals surface area (Å²) in [4.78, 5) is 15.3. The fourth-order valence-corrected chi connectivity index (χ4v) is 2.56. The normalized spacial score (nSPS) is 12.4. The molecule has 0 radical (unpaired) electrons. The molecule has 1 rings (SSSR count). The topological polar surface area (TPSA) is 55.6 Å². The smallest absolute Gasteiger partial charge is 0.239 e. The SMILES string of the molecule is CCCCC(N)C(=O)N(CCOC)Cc1cccs1. The van der Waals surface area contributed by atoms with Crippen LogP contribution in [0.15, 0.2) is 17.5 Å². The molecule has 1 amide bonds. The van der Waals surface area contributed by atoms with Gasteiger partial charge in [-0.05, 0) is 17.9 Å². The lowest BCUT2D eigenvalue weighted by molar-refractivity contribution is -0.134. The maximum atomic E-state index is 12.3. The molecule has 0 aliphatic heterocycles. The summed E-state index contributed by atoms with van der Waals surface area (Å²) in [6.45, 7) is 3.86. The van der Waals surface area contributed by atoms with Gasteiger partial charge in [0.25, 0.3) is 0 Å². The number of unbranched alkanes of at least 4 members (excludes halogenated alkanes) is 1. The van der Waals surface area contributed by atoms with E-state index in [0.717, 1.165) is 19.3 Å². The highest BCUT2D eigenvalue weighted by molar-refractivity contribution is 7.09. The van der Waals surface area contributed by atoms with Crippen LogP contribution in [0, 0.1) is 0 Å². The molecule has 19 heavy (non-hydrogen) atoms. The molecule has 1 aromatic heterocycles. The van der Waals surface area contributed by atoms with Crippen LogP contribution in [0.2, 0.25) is 0 Å². The first-order chi connectivity index (χ1) is 9.19. The van der Waals surface area contributed by atoms with Gasteiger partial charge >= 0.3 is 0 Å². The molecule has 0 aliphatic rings. The van der Waals surface area contributed by atoms with Crippen LogP contribution in [0.4, 0.5) is 0 Å². The summed E-state index contributed by atoms with van der Waals surface area (Å²) in [7, 11) is 1.64. The number of rotatable bonds is 9. The van der Waals surface area contributed by atoms with Crippen LogP contribution in [0.3, 0.4) is 0 Å². The van der Waals surface area contributed by atoms with E-state index >= 15 is 0 Å². The van der Waals surface area contributed by atoms with E-state index in [1.54, 1.807) is 23.3 Å². The van der Waals surface area contributed by atoms with Gasteiger partial charge in [0, 0.05) is 18.5 Å². The maximum absolute atomic E-state index is 12.3. The van der Waals surface area contributed by atoms with E-state index in [4.69, 9.17) is 10.5 Å². The Bertz CT molecular complexity index is 354. The van der Waals surface area contributed by atoms with Crippen molar-refractivity contribution in [3.63, 3.8) is 0 Å². The predicted octanol–water partition coefficient (Wildman–Crippen LogP) is 2.24. The Labute approximate surface area is 119 Å². The zero-order valence-corrected chi connectivity index (χ0v) is 12.6. The molecule has 0 saturated carbocycles. The van der Waals surface area contributed by atoms with Crippen molar-refractivity contribution in [2.24, 2.45) is 5.73 Å². The molecule has 108 valence electrons. The molecule has 0 saturated heterocycles. The molecule has 2 N–H and O–H groups in total. The first kappa shape index (κ1) is 16.1. The summed E-state index contributed by atoms with van der Waals surface area (Å²) < 4.78 is 5.07. The third kappa shape index (κ3) is 5.72. The largest absolute Gasteiger partial charge is 0.383 e. The van der Waals surface area contributed by atoms with Gasteiger partial charge in [0.2, 0.25) is 5.91 Å². The van der Waals surface area contributed by atoms with Crippen LogP contribution in [0.5, 0.6) is 0 Å². The number of hydrogen-bond donors (Lipinski definition) is 1. The molecule has 0 aliphatic carbocycles. The van der Waals surface area contributed by atoms with Crippen LogP contribution < -0.4 is 5.73 Å². The highest BCUT2D eigenvalue weighted by atomic mass is 32.1. The molecule has 1 heterocycles. The number of carbonyl (C=O) groups is 1. The van der Waals surface area contributed by atoms with Crippen molar-refractivity contribution in [3.05, 3.63) is 22.4 Å². The van der Waals surface area contributed by atoms with Gasteiger partial charge in [0.1, 0.15) is 0 Å². The third-order valence-electron chi connectivity index (χ3n) is 2.99. The lowest BCUT2D eigenvalue weighted by Gasteiger charge is -2.25. The molecule has 4 nitrogen and oxygen atoms in total. The van der Waals surface area contributed by atoms with E-state index < -0.39 is 6.04 Å². The van der Waals surface area contributed by atoms with Gasteiger partial charge in [-0.1, -0.05) is 25.8 Å². The Hall–Kier alpha value is -0.910. The lowest BCUT2D eigenvalue weighted by atomic mass is 10.1. The van der Waals surface area contributed by atoms with E-state index in [0.29, 0.717) is 19.7 Å². The van der Waals surface area contributed by atoms with Crippen molar-refractivity contribution in [2.45, 2.75) is 38.8 Å². The van der Waals surface area contributed by atoms with Crippen LogP contribution >= 0.6 is 11.3 Å². The first-order valence-electron chi connectivity index (χ1n) is 6.74. The van der Waals surface area contributed by atoms with Gasteiger partial charge in [0.05, 0.1) is 19.2 Å². The van der Waals surface area contributed by atoms with Gasteiger partial charge in [-0.25, -0.2) is 0 Å². The standard InChI is InChI=1S/C14H24N2O2S/c1-3-4-7-13(15)14(17)16(8-9-18-2)11-12-6-5-10-19-12/h5-6,10,13H,3-4,7-9,11,15H2,1-2H3. The molecular weight excluding hydrogens is 260 g/mol. The van der Waals surface area contributed by atoms with Crippen molar-refractivity contribution in [1.82, 2.24) is 4.90 Å². The molecule has 0 bridgehead atoms. The second kappa shape index (κ2) is 9.07. The zero-order valence-electron chi connectivity index (χ0n) is 11.8.